The molecule has 2 aliphatic rings. The molecule has 0 aliphatic carbocycles. The molecule has 31 heavy (non-hydrogen) atoms. The monoisotopic (exact) mass is 422 g/mol. The lowest BCUT2D eigenvalue weighted by Crippen LogP contribution is -2.46. The molecule has 164 valence electrons. The summed E-state index contributed by atoms with van der Waals surface area (Å²) in [6.07, 6.45) is 6.29. The summed E-state index contributed by atoms with van der Waals surface area (Å²) in [5.41, 5.74) is 4.45. The molecular weight excluding hydrogens is 392 g/mol. The van der Waals surface area contributed by atoms with Gasteiger partial charge < -0.3 is 15.5 Å². The Morgan fingerprint density at radius 2 is 2.00 bits per heavy atom. The number of anilines is 2. The average molecular weight is 423 g/mol. The summed E-state index contributed by atoms with van der Waals surface area (Å²) in [5, 5.41) is 5.67. The number of carbonyl (C=O) groups is 2. The van der Waals surface area contributed by atoms with Crippen LogP contribution in [0.2, 0.25) is 0 Å². The molecule has 1 saturated heterocycles. The number of rotatable bonds is 5. The van der Waals surface area contributed by atoms with Crippen molar-refractivity contribution in [1.82, 2.24) is 20.2 Å². The molecule has 0 saturated carbocycles. The van der Waals surface area contributed by atoms with Crippen molar-refractivity contribution in [3.63, 3.8) is 0 Å². The van der Waals surface area contributed by atoms with E-state index in [2.05, 4.69) is 43.4 Å². The maximum Gasteiger partial charge on any atom is 0.269 e. The number of aromatic nitrogens is 2. The van der Waals surface area contributed by atoms with E-state index < -0.39 is 0 Å². The zero-order valence-electron chi connectivity index (χ0n) is 18.2. The van der Waals surface area contributed by atoms with Crippen molar-refractivity contribution in [3.8, 4) is 0 Å². The highest BCUT2D eigenvalue weighted by molar-refractivity contribution is 5.94. The third kappa shape index (κ3) is 4.85. The minimum atomic E-state index is -0.174. The second kappa shape index (κ2) is 9.43. The van der Waals surface area contributed by atoms with Gasteiger partial charge >= 0.3 is 0 Å². The molecule has 4 heterocycles. The van der Waals surface area contributed by atoms with E-state index >= 15 is 0 Å². The van der Waals surface area contributed by atoms with Gasteiger partial charge in [-0.1, -0.05) is 6.92 Å². The number of hydrogen-bond donors (Lipinski definition) is 2. The molecule has 0 aromatic carbocycles. The number of piperazine rings is 1. The summed E-state index contributed by atoms with van der Waals surface area (Å²) < 4.78 is 0. The average Bonchev–Trinajstić information content (AvgIpc) is 2.96. The SMILES string of the molecule is CC[C@H]1CCc2ncc(CN3CCN(c4ccc(C(=O)NC)nc4)CC3)cc2NC1=O. The van der Waals surface area contributed by atoms with E-state index in [1.54, 1.807) is 19.3 Å². The van der Waals surface area contributed by atoms with Crippen LogP contribution in [0.3, 0.4) is 0 Å². The van der Waals surface area contributed by atoms with Gasteiger partial charge in [-0.3, -0.25) is 19.5 Å². The quantitative estimate of drug-likeness (QED) is 0.767. The first kappa shape index (κ1) is 21.2. The van der Waals surface area contributed by atoms with E-state index in [4.69, 9.17) is 0 Å². The standard InChI is InChI=1S/C23H30N6O2/c1-3-17-4-6-19-21(27-22(17)30)12-16(13-25-19)15-28-8-10-29(11-9-28)18-5-7-20(26-14-18)23(31)24-2/h5,7,12-14,17H,3-4,6,8-11,15H2,1-2H3,(H,24,31)(H,27,30)/t17-/m0/s1. The molecule has 0 spiro atoms. The summed E-state index contributed by atoms with van der Waals surface area (Å²) >= 11 is 0. The van der Waals surface area contributed by atoms with Crippen LogP contribution in [-0.2, 0) is 17.8 Å². The first-order valence-electron chi connectivity index (χ1n) is 11.0. The van der Waals surface area contributed by atoms with Gasteiger partial charge in [0.05, 0.1) is 23.3 Å². The van der Waals surface area contributed by atoms with E-state index in [1.807, 2.05) is 12.3 Å². The van der Waals surface area contributed by atoms with Crippen LogP contribution < -0.4 is 15.5 Å². The topological polar surface area (TPSA) is 90.5 Å². The Balaban J connectivity index is 1.34. The third-order valence-electron chi connectivity index (χ3n) is 6.23. The molecule has 1 atom stereocenters. The zero-order chi connectivity index (χ0) is 21.8. The number of aryl methyl sites for hydroxylation is 1. The fourth-order valence-electron chi connectivity index (χ4n) is 4.25. The van der Waals surface area contributed by atoms with Crippen molar-refractivity contribution in [2.75, 3.05) is 43.4 Å². The zero-order valence-corrected chi connectivity index (χ0v) is 18.2. The minimum absolute atomic E-state index is 0.0747. The Kier molecular flexibility index (Phi) is 6.46. The highest BCUT2D eigenvalue weighted by Crippen LogP contribution is 2.26. The van der Waals surface area contributed by atoms with Gasteiger partial charge in [-0.2, -0.15) is 0 Å². The number of nitrogens with zero attached hydrogens (tertiary/aromatic N) is 4. The molecule has 4 rings (SSSR count). The molecule has 2 aromatic rings. The van der Waals surface area contributed by atoms with E-state index in [0.29, 0.717) is 5.69 Å². The number of fused-ring (bicyclic) bond motifs is 1. The van der Waals surface area contributed by atoms with Crippen LogP contribution in [0.25, 0.3) is 0 Å². The fraction of sp³-hybridized carbons (Fsp3) is 0.478. The predicted octanol–water partition coefficient (Wildman–Crippen LogP) is 2.07. The first-order valence-corrected chi connectivity index (χ1v) is 11.0. The summed E-state index contributed by atoms with van der Waals surface area (Å²) in [7, 11) is 1.60. The van der Waals surface area contributed by atoms with Gasteiger partial charge in [0.1, 0.15) is 5.69 Å². The number of hydrogen-bond acceptors (Lipinski definition) is 6. The van der Waals surface area contributed by atoms with Crippen LogP contribution in [0.1, 0.15) is 41.5 Å². The predicted molar refractivity (Wildman–Crippen MR) is 120 cm³/mol. The second-order valence-corrected chi connectivity index (χ2v) is 8.21. The lowest BCUT2D eigenvalue weighted by atomic mass is 10.00. The third-order valence-corrected chi connectivity index (χ3v) is 6.23. The van der Waals surface area contributed by atoms with E-state index in [-0.39, 0.29) is 17.7 Å². The Bertz CT molecular complexity index is 938. The fourth-order valence-corrected chi connectivity index (χ4v) is 4.25. The molecule has 1 fully saturated rings. The summed E-state index contributed by atoms with van der Waals surface area (Å²) in [6, 6.07) is 5.81. The summed E-state index contributed by atoms with van der Waals surface area (Å²) in [6.45, 7) is 6.53. The smallest absolute Gasteiger partial charge is 0.269 e. The van der Waals surface area contributed by atoms with Gasteiger partial charge in [0.25, 0.3) is 5.91 Å². The van der Waals surface area contributed by atoms with Gasteiger partial charge in [0.15, 0.2) is 0 Å². The Morgan fingerprint density at radius 3 is 2.68 bits per heavy atom. The molecule has 0 unspecified atom stereocenters. The van der Waals surface area contributed by atoms with Gasteiger partial charge in [-0.05, 0) is 43.0 Å². The Hall–Kier alpha value is -3.00. The lowest BCUT2D eigenvalue weighted by molar-refractivity contribution is -0.120. The van der Waals surface area contributed by atoms with Crippen LogP contribution in [-0.4, -0.2) is 59.9 Å². The first-order chi connectivity index (χ1) is 15.1. The lowest BCUT2D eigenvalue weighted by Gasteiger charge is -2.36. The largest absolute Gasteiger partial charge is 0.368 e. The maximum absolute atomic E-state index is 12.4. The van der Waals surface area contributed by atoms with Crippen molar-refractivity contribution in [2.24, 2.45) is 5.92 Å². The summed E-state index contributed by atoms with van der Waals surface area (Å²) in [4.78, 5) is 37.6. The molecule has 8 nitrogen and oxygen atoms in total. The van der Waals surface area contributed by atoms with Crippen LogP contribution >= 0.6 is 0 Å². The van der Waals surface area contributed by atoms with E-state index in [9.17, 15) is 9.59 Å². The van der Waals surface area contributed by atoms with Crippen LogP contribution in [0.15, 0.2) is 30.6 Å². The number of amides is 2. The van der Waals surface area contributed by atoms with Crippen molar-refractivity contribution >= 4 is 23.2 Å². The Labute approximate surface area is 183 Å². The van der Waals surface area contributed by atoms with Crippen LogP contribution in [0.5, 0.6) is 0 Å². The van der Waals surface area contributed by atoms with Crippen molar-refractivity contribution in [2.45, 2.75) is 32.7 Å². The van der Waals surface area contributed by atoms with Crippen LogP contribution in [0, 0.1) is 5.92 Å². The molecule has 2 aliphatic heterocycles. The Morgan fingerprint density at radius 1 is 1.19 bits per heavy atom. The van der Waals surface area contributed by atoms with E-state index in [0.717, 1.165) is 74.6 Å². The van der Waals surface area contributed by atoms with Crippen LogP contribution in [0.4, 0.5) is 11.4 Å². The molecule has 8 heteroatoms. The van der Waals surface area contributed by atoms with Gasteiger partial charge in [-0.25, -0.2) is 4.98 Å². The molecule has 0 radical (unpaired) electrons. The number of carbonyl (C=O) groups excluding carboxylic acids is 2. The van der Waals surface area contributed by atoms with Crippen molar-refractivity contribution < 1.29 is 9.59 Å². The highest BCUT2D eigenvalue weighted by atomic mass is 16.2. The van der Waals surface area contributed by atoms with Crippen molar-refractivity contribution in [3.05, 3.63) is 47.5 Å². The van der Waals surface area contributed by atoms with Gasteiger partial charge in [0.2, 0.25) is 5.91 Å². The van der Waals surface area contributed by atoms with Gasteiger partial charge in [0, 0.05) is 51.9 Å². The molecular formula is C23H30N6O2. The number of pyridine rings is 2. The van der Waals surface area contributed by atoms with Crippen molar-refractivity contribution in [1.29, 1.82) is 0 Å². The minimum Gasteiger partial charge on any atom is -0.368 e. The highest BCUT2D eigenvalue weighted by Gasteiger charge is 2.24. The van der Waals surface area contributed by atoms with Gasteiger partial charge in [-0.15, -0.1) is 0 Å². The number of nitrogens with one attached hydrogen (secondary N) is 2. The molecule has 2 amide bonds. The summed E-state index contributed by atoms with van der Waals surface area (Å²) in [5.74, 6) is 0.0163. The second-order valence-electron chi connectivity index (χ2n) is 8.21. The van der Waals surface area contributed by atoms with E-state index in [1.165, 1.54) is 0 Å². The normalized spacial score (nSPS) is 19.4. The molecule has 2 N–H and O–H groups in total. The maximum atomic E-state index is 12.4. The molecule has 0 bridgehead atoms. The molecule has 2 aromatic heterocycles.